The summed E-state index contributed by atoms with van der Waals surface area (Å²) in [6.07, 6.45) is 0. The van der Waals surface area contributed by atoms with Gasteiger partial charge in [0.1, 0.15) is 0 Å². The Balaban J connectivity index is 1.26. The third-order valence-electron chi connectivity index (χ3n) is 10.6. The zero-order valence-electron chi connectivity index (χ0n) is 29.9. The molecule has 2 heterocycles. The molecular weight excluding hydrogens is 653 g/mol. The molecular formula is C45H40BN3O2Si. The van der Waals surface area contributed by atoms with Crippen LogP contribution in [0.3, 0.4) is 0 Å². The second kappa shape index (κ2) is 13.6. The molecule has 7 aromatic rings. The summed E-state index contributed by atoms with van der Waals surface area (Å²) in [5.41, 5.74) is 3.02. The maximum atomic E-state index is 6.43. The molecule has 0 aliphatic carbocycles. The summed E-state index contributed by atoms with van der Waals surface area (Å²) in [6.45, 7) is 8.37. The first kappa shape index (κ1) is 33.7. The number of benzene rings is 6. The normalized spacial score (nSPS) is 15.0. The fourth-order valence-electron chi connectivity index (χ4n) is 7.05. The first-order valence-corrected chi connectivity index (χ1v) is 19.8. The standard InChI is InChI=1S/C45H40BN3O2Si/c1-44(2)45(3,4)51-46(50-44)36-27-31-40(32-28-36)52(37-21-13-7-14-22-37,38-23-15-8-16-24-38)39-29-25-35(26-30-39)43-48-41(33-17-9-5-10-18-33)47-42(49-43)34-19-11-6-12-20-34/h5-32H,1-4H3. The SMILES string of the molecule is CC1(C)OB(c2ccc([Si](c3ccccc3)(c3ccccc3)c3ccc(-c4nc(-c5ccccc5)nc(-c5ccccc5)n4)cc3)cc2)OC1(C)C. The summed E-state index contributed by atoms with van der Waals surface area (Å²) in [7, 11) is -3.23. The van der Waals surface area contributed by atoms with E-state index in [0.29, 0.717) is 17.5 Å². The molecule has 0 amide bonds. The number of hydrogen-bond donors (Lipinski definition) is 0. The molecule has 1 aromatic heterocycles. The first-order valence-electron chi connectivity index (χ1n) is 17.8. The van der Waals surface area contributed by atoms with Crippen LogP contribution in [-0.2, 0) is 9.31 Å². The molecule has 0 atom stereocenters. The van der Waals surface area contributed by atoms with E-state index in [2.05, 4.69) is 137 Å². The number of aromatic nitrogens is 3. The van der Waals surface area contributed by atoms with Crippen molar-refractivity contribution in [3.63, 3.8) is 0 Å². The van der Waals surface area contributed by atoms with Gasteiger partial charge in [-0.15, -0.1) is 0 Å². The van der Waals surface area contributed by atoms with E-state index in [0.717, 1.165) is 22.2 Å². The van der Waals surface area contributed by atoms with Crippen molar-refractivity contribution < 1.29 is 9.31 Å². The van der Waals surface area contributed by atoms with E-state index in [9.17, 15) is 0 Å². The molecule has 8 rings (SSSR count). The highest BCUT2D eigenvalue weighted by molar-refractivity contribution is 7.19. The van der Waals surface area contributed by atoms with Crippen molar-refractivity contribution in [2.45, 2.75) is 38.9 Å². The van der Waals surface area contributed by atoms with Gasteiger partial charge in [0, 0.05) is 16.7 Å². The second-order valence-electron chi connectivity index (χ2n) is 14.3. The van der Waals surface area contributed by atoms with Crippen molar-refractivity contribution in [3.05, 3.63) is 170 Å². The van der Waals surface area contributed by atoms with Crippen molar-refractivity contribution in [3.8, 4) is 34.2 Å². The minimum absolute atomic E-state index is 0.410. The molecule has 254 valence electrons. The van der Waals surface area contributed by atoms with Crippen LogP contribution in [0.2, 0.25) is 0 Å². The third kappa shape index (κ3) is 6.11. The van der Waals surface area contributed by atoms with Crippen LogP contribution in [0.4, 0.5) is 0 Å². The van der Waals surface area contributed by atoms with E-state index in [1.165, 1.54) is 20.7 Å². The number of rotatable bonds is 8. The van der Waals surface area contributed by atoms with Crippen LogP contribution >= 0.6 is 0 Å². The number of hydrogen-bond acceptors (Lipinski definition) is 5. The van der Waals surface area contributed by atoms with Crippen molar-refractivity contribution in [1.29, 1.82) is 0 Å². The molecule has 0 bridgehead atoms. The van der Waals surface area contributed by atoms with Gasteiger partial charge in [-0.05, 0) is 53.9 Å². The Morgan fingerprint density at radius 1 is 0.385 bits per heavy atom. The zero-order chi connectivity index (χ0) is 35.8. The summed E-state index contributed by atoms with van der Waals surface area (Å²) >= 11 is 0. The van der Waals surface area contributed by atoms with Gasteiger partial charge in [0.25, 0.3) is 0 Å². The topological polar surface area (TPSA) is 57.1 Å². The Kier molecular flexibility index (Phi) is 8.79. The van der Waals surface area contributed by atoms with Crippen molar-refractivity contribution >= 4 is 41.4 Å². The molecule has 0 radical (unpaired) electrons. The van der Waals surface area contributed by atoms with Crippen LogP contribution in [0, 0.1) is 0 Å². The minimum Gasteiger partial charge on any atom is -0.399 e. The minimum atomic E-state index is -2.80. The van der Waals surface area contributed by atoms with E-state index < -0.39 is 26.4 Å². The fourth-order valence-corrected chi connectivity index (χ4v) is 11.8. The lowest BCUT2D eigenvalue weighted by molar-refractivity contribution is 0.00578. The molecule has 1 aliphatic heterocycles. The molecule has 1 aliphatic rings. The average Bonchev–Trinajstić information content (AvgIpc) is 3.42. The summed E-state index contributed by atoms with van der Waals surface area (Å²) in [6, 6.07) is 59.9. The van der Waals surface area contributed by atoms with Crippen LogP contribution in [0.15, 0.2) is 170 Å². The summed E-state index contributed by atoms with van der Waals surface area (Å²) in [5.74, 6) is 1.93. The largest absolute Gasteiger partial charge is 0.494 e. The van der Waals surface area contributed by atoms with Gasteiger partial charge in [-0.3, -0.25) is 0 Å². The van der Waals surface area contributed by atoms with Gasteiger partial charge < -0.3 is 9.31 Å². The van der Waals surface area contributed by atoms with Crippen LogP contribution < -0.4 is 26.2 Å². The first-order chi connectivity index (χ1) is 25.2. The van der Waals surface area contributed by atoms with Crippen LogP contribution in [0.5, 0.6) is 0 Å². The molecule has 0 N–H and O–H groups in total. The van der Waals surface area contributed by atoms with E-state index in [1.54, 1.807) is 0 Å². The molecule has 52 heavy (non-hydrogen) atoms. The summed E-state index contributed by atoms with van der Waals surface area (Å²) < 4.78 is 12.9. The van der Waals surface area contributed by atoms with E-state index >= 15 is 0 Å². The van der Waals surface area contributed by atoms with Gasteiger partial charge in [-0.1, -0.05) is 170 Å². The van der Waals surface area contributed by atoms with Gasteiger partial charge in [0.05, 0.1) is 11.2 Å². The Hall–Kier alpha value is -5.47. The van der Waals surface area contributed by atoms with E-state index in [1.807, 2.05) is 60.7 Å². The molecule has 7 heteroatoms. The number of nitrogens with zero attached hydrogens (tertiary/aromatic N) is 3. The summed E-state index contributed by atoms with van der Waals surface area (Å²) in [4.78, 5) is 14.9. The highest BCUT2D eigenvalue weighted by Gasteiger charge is 2.52. The lowest BCUT2D eigenvalue weighted by Crippen LogP contribution is -2.74. The van der Waals surface area contributed by atoms with Crippen molar-refractivity contribution in [1.82, 2.24) is 15.0 Å². The molecule has 0 unspecified atom stereocenters. The maximum absolute atomic E-state index is 6.43. The van der Waals surface area contributed by atoms with Crippen molar-refractivity contribution in [2.24, 2.45) is 0 Å². The Bertz CT molecular complexity index is 2170. The highest BCUT2D eigenvalue weighted by Crippen LogP contribution is 2.36. The maximum Gasteiger partial charge on any atom is 0.494 e. The monoisotopic (exact) mass is 693 g/mol. The highest BCUT2D eigenvalue weighted by atomic mass is 28.3. The quantitative estimate of drug-likeness (QED) is 0.134. The predicted molar refractivity (Wildman–Crippen MR) is 215 cm³/mol. The molecule has 1 fully saturated rings. The Morgan fingerprint density at radius 3 is 1.08 bits per heavy atom. The van der Waals surface area contributed by atoms with Gasteiger partial charge in [0.2, 0.25) is 0 Å². The van der Waals surface area contributed by atoms with Gasteiger partial charge >= 0.3 is 7.12 Å². The third-order valence-corrected chi connectivity index (χ3v) is 15.4. The van der Waals surface area contributed by atoms with Crippen LogP contribution in [0.25, 0.3) is 34.2 Å². The lowest BCUT2D eigenvalue weighted by atomic mass is 9.79. The molecule has 5 nitrogen and oxygen atoms in total. The van der Waals surface area contributed by atoms with Gasteiger partial charge in [0.15, 0.2) is 25.5 Å². The van der Waals surface area contributed by atoms with Gasteiger partial charge in [-0.25, -0.2) is 15.0 Å². The molecule has 6 aromatic carbocycles. The van der Waals surface area contributed by atoms with E-state index in [4.69, 9.17) is 24.3 Å². The predicted octanol–water partition coefficient (Wildman–Crippen LogP) is 6.55. The molecule has 0 saturated carbocycles. The average molecular weight is 694 g/mol. The second-order valence-corrected chi connectivity index (χ2v) is 18.1. The zero-order valence-corrected chi connectivity index (χ0v) is 30.9. The fraction of sp³-hybridized carbons (Fsp3) is 0.133. The van der Waals surface area contributed by atoms with Crippen LogP contribution in [0.1, 0.15) is 27.7 Å². The van der Waals surface area contributed by atoms with Crippen molar-refractivity contribution in [2.75, 3.05) is 0 Å². The molecule has 1 saturated heterocycles. The Morgan fingerprint density at radius 2 is 0.692 bits per heavy atom. The van der Waals surface area contributed by atoms with E-state index in [-0.39, 0.29) is 0 Å². The smallest absolute Gasteiger partial charge is 0.399 e. The van der Waals surface area contributed by atoms with Gasteiger partial charge in [-0.2, -0.15) is 0 Å². The lowest BCUT2D eigenvalue weighted by Gasteiger charge is -2.34. The molecule has 0 spiro atoms. The summed E-state index contributed by atoms with van der Waals surface area (Å²) in [5, 5.41) is 5.14. The van der Waals surface area contributed by atoms with Crippen LogP contribution in [-0.4, -0.2) is 41.3 Å². The Labute approximate surface area is 307 Å².